The van der Waals surface area contributed by atoms with Crippen molar-refractivity contribution < 1.29 is 4.39 Å². The lowest BCUT2D eigenvalue weighted by atomic mass is 10.1. The van der Waals surface area contributed by atoms with Crippen LogP contribution in [0.1, 0.15) is 18.4 Å². The number of benzene rings is 2. The summed E-state index contributed by atoms with van der Waals surface area (Å²) >= 11 is 1.31. The SMILES string of the molecule is CSc1cc2c(cc1F)c(N1CCCCc3ccccc31)nc(=N)n2C=N. The van der Waals surface area contributed by atoms with Crippen LogP contribution < -0.4 is 10.5 Å². The van der Waals surface area contributed by atoms with E-state index in [9.17, 15) is 4.39 Å². The molecule has 1 aliphatic rings. The number of anilines is 2. The number of para-hydroxylation sites is 1. The van der Waals surface area contributed by atoms with Crippen LogP contribution in [0.2, 0.25) is 0 Å². The summed E-state index contributed by atoms with van der Waals surface area (Å²) in [5, 5.41) is 16.6. The van der Waals surface area contributed by atoms with E-state index in [4.69, 9.17) is 10.8 Å². The van der Waals surface area contributed by atoms with Gasteiger partial charge in [-0.3, -0.25) is 15.4 Å². The Bertz CT molecular complexity index is 1090. The molecule has 1 aromatic heterocycles. The highest BCUT2D eigenvalue weighted by Gasteiger charge is 2.22. The molecule has 5 nitrogen and oxygen atoms in total. The lowest BCUT2D eigenvalue weighted by molar-refractivity contribution is 0.604. The van der Waals surface area contributed by atoms with Gasteiger partial charge in [0.15, 0.2) is 0 Å². The zero-order chi connectivity index (χ0) is 19.0. The summed E-state index contributed by atoms with van der Waals surface area (Å²) in [6.45, 7) is 0.763. The average molecular weight is 381 g/mol. The summed E-state index contributed by atoms with van der Waals surface area (Å²) in [7, 11) is 0. The van der Waals surface area contributed by atoms with Crippen LogP contribution in [0.4, 0.5) is 15.9 Å². The summed E-state index contributed by atoms with van der Waals surface area (Å²) in [5.41, 5.74) is 2.88. The summed E-state index contributed by atoms with van der Waals surface area (Å²) in [6.07, 6.45) is 5.94. The second-order valence-corrected chi connectivity index (χ2v) is 7.35. The molecule has 7 heteroatoms. The molecule has 0 spiro atoms. The number of fused-ring (bicyclic) bond motifs is 2. The van der Waals surface area contributed by atoms with E-state index in [1.165, 1.54) is 28.0 Å². The molecule has 0 bridgehead atoms. The quantitative estimate of drug-likeness (QED) is 0.404. The van der Waals surface area contributed by atoms with Gasteiger partial charge in [-0.05, 0) is 49.3 Å². The van der Waals surface area contributed by atoms with E-state index in [0.29, 0.717) is 21.6 Å². The van der Waals surface area contributed by atoms with Crippen LogP contribution in [0.5, 0.6) is 0 Å². The van der Waals surface area contributed by atoms with Crippen LogP contribution in [0.3, 0.4) is 0 Å². The van der Waals surface area contributed by atoms with Crippen LogP contribution in [-0.2, 0) is 6.42 Å². The Morgan fingerprint density at radius 1 is 1.22 bits per heavy atom. The molecule has 0 fully saturated rings. The molecule has 4 rings (SSSR count). The lowest BCUT2D eigenvalue weighted by Crippen LogP contribution is -2.28. The molecule has 2 aromatic carbocycles. The van der Waals surface area contributed by atoms with E-state index in [2.05, 4.69) is 22.0 Å². The fourth-order valence-electron chi connectivity index (χ4n) is 3.65. The van der Waals surface area contributed by atoms with Crippen LogP contribution in [-0.4, -0.2) is 28.7 Å². The molecular weight excluding hydrogens is 361 g/mol. The van der Waals surface area contributed by atoms with E-state index >= 15 is 0 Å². The van der Waals surface area contributed by atoms with Crippen LogP contribution in [0, 0.1) is 16.6 Å². The Labute approximate surface area is 160 Å². The fraction of sp³-hybridized carbons (Fsp3) is 0.250. The van der Waals surface area contributed by atoms with Crippen molar-refractivity contribution in [3.63, 3.8) is 0 Å². The van der Waals surface area contributed by atoms with E-state index in [1.54, 1.807) is 6.07 Å². The molecule has 2 N–H and O–H groups in total. The van der Waals surface area contributed by atoms with Gasteiger partial charge in [0, 0.05) is 22.5 Å². The van der Waals surface area contributed by atoms with Gasteiger partial charge < -0.3 is 4.90 Å². The van der Waals surface area contributed by atoms with Crippen LogP contribution in [0.25, 0.3) is 10.9 Å². The van der Waals surface area contributed by atoms with Gasteiger partial charge in [-0.25, -0.2) is 4.39 Å². The zero-order valence-electron chi connectivity index (χ0n) is 15.0. The molecule has 0 unspecified atom stereocenters. The maximum atomic E-state index is 14.6. The predicted molar refractivity (Wildman–Crippen MR) is 108 cm³/mol. The molecule has 27 heavy (non-hydrogen) atoms. The molecule has 0 radical (unpaired) electrons. The predicted octanol–water partition coefficient (Wildman–Crippen LogP) is 4.31. The number of nitrogens with one attached hydrogen (secondary N) is 2. The number of nitrogens with zero attached hydrogens (tertiary/aromatic N) is 3. The second-order valence-electron chi connectivity index (χ2n) is 6.50. The Kier molecular flexibility index (Phi) is 4.70. The first-order chi connectivity index (χ1) is 13.1. The van der Waals surface area contributed by atoms with Crippen LogP contribution in [0.15, 0.2) is 41.3 Å². The van der Waals surface area contributed by atoms with Gasteiger partial charge in [0.25, 0.3) is 0 Å². The third-order valence-corrected chi connectivity index (χ3v) is 5.71. The van der Waals surface area contributed by atoms with E-state index in [0.717, 1.165) is 37.8 Å². The molecule has 3 aromatic rings. The first kappa shape index (κ1) is 17.7. The average Bonchev–Trinajstić information content (AvgIpc) is 2.90. The Hall–Kier alpha value is -2.67. The first-order valence-corrected chi connectivity index (χ1v) is 10.1. The highest BCUT2D eigenvalue weighted by molar-refractivity contribution is 7.98. The largest absolute Gasteiger partial charge is 0.325 e. The van der Waals surface area contributed by atoms with Gasteiger partial charge in [0.2, 0.25) is 5.62 Å². The lowest BCUT2D eigenvalue weighted by Gasteiger charge is -2.26. The third kappa shape index (κ3) is 3.02. The van der Waals surface area contributed by atoms with Gasteiger partial charge in [0.05, 0.1) is 11.9 Å². The maximum Gasteiger partial charge on any atom is 0.229 e. The van der Waals surface area contributed by atoms with Crippen molar-refractivity contribution in [2.24, 2.45) is 0 Å². The number of aromatic nitrogens is 2. The summed E-state index contributed by atoms with van der Waals surface area (Å²) in [5.74, 6) is 0.268. The molecular formula is C20H20FN5S. The van der Waals surface area contributed by atoms with Crippen molar-refractivity contribution >= 4 is 40.5 Å². The van der Waals surface area contributed by atoms with Gasteiger partial charge in [-0.2, -0.15) is 4.98 Å². The highest BCUT2D eigenvalue weighted by Crippen LogP contribution is 2.36. The number of rotatable bonds is 3. The van der Waals surface area contributed by atoms with Crippen molar-refractivity contribution in [3.8, 4) is 0 Å². The maximum absolute atomic E-state index is 14.6. The Morgan fingerprint density at radius 3 is 2.81 bits per heavy atom. The number of hydrogen-bond donors (Lipinski definition) is 2. The van der Waals surface area contributed by atoms with E-state index < -0.39 is 0 Å². The standard InChI is InChI=1S/C20H20FN5S/c1-27-18-11-17-14(10-15(18)21)19(24-20(23)26(17)12-22)25-9-5-4-7-13-6-2-3-8-16(13)25/h2-3,6,8,10-12,22-23H,4-5,7,9H2,1H3. The van der Waals surface area contributed by atoms with Crippen molar-refractivity contribution in [2.45, 2.75) is 24.2 Å². The molecule has 0 aliphatic carbocycles. The van der Waals surface area contributed by atoms with Gasteiger partial charge in [-0.15, -0.1) is 11.8 Å². The molecule has 138 valence electrons. The van der Waals surface area contributed by atoms with Crippen molar-refractivity contribution in [1.29, 1.82) is 10.8 Å². The molecule has 0 saturated heterocycles. The minimum absolute atomic E-state index is 0.0344. The molecule has 0 saturated carbocycles. The van der Waals surface area contributed by atoms with Crippen molar-refractivity contribution in [2.75, 3.05) is 17.7 Å². The van der Waals surface area contributed by atoms with Crippen molar-refractivity contribution in [3.05, 3.63) is 53.4 Å². The second kappa shape index (κ2) is 7.15. The molecule has 1 aliphatic heterocycles. The monoisotopic (exact) mass is 381 g/mol. The number of halogens is 1. The first-order valence-electron chi connectivity index (χ1n) is 8.84. The minimum Gasteiger partial charge on any atom is -0.325 e. The minimum atomic E-state index is -0.310. The van der Waals surface area contributed by atoms with Crippen LogP contribution >= 0.6 is 11.8 Å². The van der Waals surface area contributed by atoms with E-state index in [-0.39, 0.29) is 11.4 Å². The number of aryl methyl sites for hydroxylation is 1. The topological polar surface area (TPSA) is 68.8 Å². The molecule has 0 amide bonds. The van der Waals surface area contributed by atoms with Gasteiger partial charge in [-0.1, -0.05) is 18.2 Å². The molecule has 0 atom stereocenters. The van der Waals surface area contributed by atoms with E-state index in [1.807, 2.05) is 18.4 Å². The fourth-order valence-corrected chi connectivity index (χ4v) is 4.14. The Morgan fingerprint density at radius 2 is 2.04 bits per heavy atom. The smallest absolute Gasteiger partial charge is 0.229 e. The van der Waals surface area contributed by atoms with Crippen molar-refractivity contribution in [1.82, 2.24) is 9.55 Å². The number of hydrogen-bond acceptors (Lipinski definition) is 5. The third-order valence-electron chi connectivity index (χ3n) is 4.96. The highest BCUT2D eigenvalue weighted by atomic mass is 32.2. The summed E-state index contributed by atoms with van der Waals surface area (Å²) < 4.78 is 16.0. The molecule has 2 heterocycles. The number of thioether (sulfide) groups is 1. The summed E-state index contributed by atoms with van der Waals surface area (Å²) in [4.78, 5) is 7.05. The van der Waals surface area contributed by atoms with Gasteiger partial charge >= 0.3 is 0 Å². The zero-order valence-corrected chi connectivity index (χ0v) is 15.8. The van der Waals surface area contributed by atoms with Gasteiger partial charge in [0.1, 0.15) is 11.6 Å². The normalized spacial score (nSPS) is 14.1. The Balaban J connectivity index is 2.04. The summed E-state index contributed by atoms with van der Waals surface area (Å²) in [6, 6.07) is 11.4.